The van der Waals surface area contributed by atoms with Gasteiger partial charge in [-0.2, -0.15) is 0 Å². The third-order valence-corrected chi connectivity index (χ3v) is 4.41. The molecule has 0 aromatic carbocycles. The van der Waals surface area contributed by atoms with Gasteiger partial charge in [-0.15, -0.1) is 11.3 Å². The molecular weight excluding hydrogens is 242 g/mol. The van der Waals surface area contributed by atoms with E-state index in [2.05, 4.69) is 42.5 Å². The molecule has 1 atom stereocenters. The highest BCUT2D eigenvalue weighted by Gasteiger charge is 2.15. The number of imidazole rings is 1. The van der Waals surface area contributed by atoms with Crippen LogP contribution in [0.1, 0.15) is 42.3 Å². The zero-order valence-corrected chi connectivity index (χ0v) is 12.1. The van der Waals surface area contributed by atoms with Crippen LogP contribution in [0.25, 0.3) is 0 Å². The highest BCUT2D eigenvalue weighted by Crippen LogP contribution is 2.22. The van der Waals surface area contributed by atoms with Crippen LogP contribution in [0.5, 0.6) is 0 Å². The van der Waals surface area contributed by atoms with Gasteiger partial charge in [0.15, 0.2) is 0 Å². The Balaban J connectivity index is 2.17. The lowest BCUT2D eigenvalue weighted by atomic mass is 10.0. The van der Waals surface area contributed by atoms with E-state index in [0.717, 1.165) is 18.7 Å². The molecule has 1 unspecified atom stereocenters. The average Bonchev–Trinajstić information content (AvgIpc) is 2.97. The molecule has 0 bridgehead atoms. The van der Waals surface area contributed by atoms with Crippen molar-refractivity contribution in [3.8, 4) is 0 Å². The second-order valence-corrected chi connectivity index (χ2v) is 6.19. The van der Waals surface area contributed by atoms with Crippen molar-refractivity contribution >= 4 is 11.3 Å². The Morgan fingerprint density at radius 3 is 2.67 bits per heavy atom. The normalized spacial score (nSPS) is 13.2. The number of nitrogens with two attached hydrogens (primary N) is 1. The minimum Gasteiger partial charge on any atom is -0.328 e. The lowest BCUT2D eigenvalue weighted by molar-refractivity contribution is 0.485. The molecule has 3 nitrogen and oxygen atoms in total. The van der Waals surface area contributed by atoms with Gasteiger partial charge in [-0.1, -0.05) is 20.8 Å². The Kier molecular flexibility index (Phi) is 4.19. The predicted molar refractivity (Wildman–Crippen MR) is 76.8 cm³/mol. The second-order valence-electron chi connectivity index (χ2n) is 4.94. The van der Waals surface area contributed by atoms with Gasteiger partial charge in [-0.05, 0) is 24.5 Å². The second kappa shape index (κ2) is 5.67. The molecule has 0 aliphatic heterocycles. The maximum Gasteiger partial charge on any atom is 0.0952 e. The van der Waals surface area contributed by atoms with Crippen molar-refractivity contribution in [2.75, 3.05) is 0 Å². The highest BCUT2D eigenvalue weighted by molar-refractivity contribution is 7.11. The lowest BCUT2D eigenvalue weighted by Crippen LogP contribution is -2.20. The summed E-state index contributed by atoms with van der Waals surface area (Å²) in [6.45, 7) is 7.35. The first-order chi connectivity index (χ1) is 8.61. The number of aromatic nitrogens is 2. The van der Waals surface area contributed by atoms with Crippen LogP contribution in [0.2, 0.25) is 0 Å². The van der Waals surface area contributed by atoms with Crippen molar-refractivity contribution in [2.24, 2.45) is 11.7 Å². The van der Waals surface area contributed by atoms with Crippen LogP contribution in [0.3, 0.4) is 0 Å². The molecule has 98 valence electrons. The molecule has 2 N–H and O–H groups in total. The van der Waals surface area contributed by atoms with Crippen molar-refractivity contribution in [3.63, 3.8) is 0 Å². The summed E-state index contributed by atoms with van der Waals surface area (Å²) in [6, 6.07) is 4.46. The first-order valence-electron chi connectivity index (χ1n) is 6.45. The number of rotatable bonds is 5. The lowest BCUT2D eigenvalue weighted by Gasteiger charge is -2.17. The van der Waals surface area contributed by atoms with E-state index < -0.39 is 0 Å². The number of hydrogen-bond donors (Lipinski definition) is 1. The summed E-state index contributed by atoms with van der Waals surface area (Å²) in [5.41, 5.74) is 7.33. The summed E-state index contributed by atoms with van der Waals surface area (Å²) >= 11 is 1.87. The summed E-state index contributed by atoms with van der Waals surface area (Å²) in [5.74, 6) is 0.426. The van der Waals surface area contributed by atoms with E-state index in [4.69, 9.17) is 5.73 Å². The molecule has 0 saturated carbocycles. The third-order valence-electron chi connectivity index (χ3n) is 3.20. The third kappa shape index (κ3) is 2.82. The zero-order valence-electron chi connectivity index (χ0n) is 11.3. The van der Waals surface area contributed by atoms with Crippen molar-refractivity contribution in [1.29, 1.82) is 0 Å². The predicted octanol–water partition coefficient (Wildman–Crippen LogP) is 3.21. The molecule has 4 heteroatoms. The molecule has 0 saturated heterocycles. The van der Waals surface area contributed by atoms with Crippen LogP contribution in [0.15, 0.2) is 24.7 Å². The number of aryl methyl sites for hydroxylation is 1. The van der Waals surface area contributed by atoms with Crippen molar-refractivity contribution in [1.82, 2.24) is 9.55 Å². The summed E-state index contributed by atoms with van der Waals surface area (Å²) < 4.78 is 2.16. The summed E-state index contributed by atoms with van der Waals surface area (Å²) in [5, 5.41) is 0. The molecule has 0 spiro atoms. The van der Waals surface area contributed by atoms with E-state index in [1.165, 1.54) is 9.75 Å². The van der Waals surface area contributed by atoms with E-state index >= 15 is 0 Å². The Morgan fingerprint density at radius 1 is 1.33 bits per heavy atom. The van der Waals surface area contributed by atoms with E-state index in [1.54, 1.807) is 0 Å². The fourth-order valence-corrected chi connectivity index (χ4v) is 2.90. The Morgan fingerprint density at radius 2 is 2.06 bits per heavy atom. The minimum absolute atomic E-state index is 0.0538. The summed E-state index contributed by atoms with van der Waals surface area (Å²) in [7, 11) is 0. The van der Waals surface area contributed by atoms with E-state index in [-0.39, 0.29) is 6.04 Å². The molecule has 0 aliphatic rings. The van der Waals surface area contributed by atoms with Crippen LogP contribution in [0, 0.1) is 5.92 Å². The van der Waals surface area contributed by atoms with Crippen molar-refractivity contribution in [3.05, 3.63) is 40.1 Å². The fraction of sp³-hybridized carbons (Fsp3) is 0.500. The molecule has 18 heavy (non-hydrogen) atoms. The minimum atomic E-state index is 0.0538. The van der Waals surface area contributed by atoms with Gasteiger partial charge >= 0.3 is 0 Å². The number of thiophene rings is 1. The molecule has 2 heterocycles. The van der Waals surface area contributed by atoms with Gasteiger partial charge in [0.05, 0.1) is 18.6 Å². The monoisotopic (exact) mass is 263 g/mol. The molecule has 0 radical (unpaired) electrons. The quantitative estimate of drug-likeness (QED) is 0.900. The Bertz CT molecular complexity index is 499. The van der Waals surface area contributed by atoms with Crippen LogP contribution >= 0.6 is 11.3 Å². The summed E-state index contributed by atoms with van der Waals surface area (Å²) in [4.78, 5) is 7.03. The maximum absolute atomic E-state index is 6.21. The highest BCUT2D eigenvalue weighted by atomic mass is 32.1. The van der Waals surface area contributed by atoms with Crippen molar-refractivity contribution in [2.45, 2.75) is 39.8 Å². The Hall–Kier alpha value is -1.13. The van der Waals surface area contributed by atoms with E-state index in [1.807, 2.05) is 23.9 Å². The first kappa shape index (κ1) is 13.3. The number of hydrogen-bond acceptors (Lipinski definition) is 3. The SMILES string of the molecule is CCc1ccc(Cn2cncc2C(N)C(C)C)s1. The van der Waals surface area contributed by atoms with Gasteiger partial charge < -0.3 is 10.3 Å². The van der Waals surface area contributed by atoms with Crippen LogP contribution in [-0.4, -0.2) is 9.55 Å². The number of nitrogens with zero attached hydrogens (tertiary/aromatic N) is 2. The van der Waals surface area contributed by atoms with Gasteiger partial charge in [-0.25, -0.2) is 4.98 Å². The van der Waals surface area contributed by atoms with Crippen molar-refractivity contribution < 1.29 is 0 Å². The zero-order chi connectivity index (χ0) is 13.1. The fourth-order valence-electron chi connectivity index (χ4n) is 1.95. The topological polar surface area (TPSA) is 43.8 Å². The van der Waals surface area contributed by atoms with Gasteiger partial charge in [0, 0.05) is 22.0 Å². The molecular formula is C14H21N3S. The molecule has 0 amide bonds. The van der Waals surface area contributed by atoms with Crippen LogP contribution < -0.4 is 5.73 Å². The van der Waals surface area contributed by atoms with Crippen LogP contribution in [0.4, 0.5) is 0 Å². The van der Waals surface area contributed by atoms with Crippen LogP contribution in [-0.2, 0) is 13.0 Å². The molecule has 0 fully saturated rings. The standard InChI is InChI=1S/C14H21N3S/c1-4-11-5-6-12(18-11)8-17-9-16-7-13(17)14(15)10(2)3/h5-7,9-10,14H,4,8,15H2,1-3H3. The average molecular weight is 263 g/mol. The molecule has 2 rings (SSSR count). The molecule has 0 aliphatic carbocycles. The maximum atomic E-state index is 6.21. The molecule has 2 aromatic heterocycles. The van der Waals surface area contributed by atoms with Gasteiger partial charge in [0.25, 0.3) is 0 Å². The van der Waals surface area contributed by atoms with Gasteiger partial charge in [-0.3, -0.25) is 0 Å². The Labute approximate surface area is 113 Å². The van der Waals surface area contributed by atoms with Gasteiger partial charge in [0.2, 0.25) is 0 Å². The van der Waals surface area contributed by atoms with E-state index in [9.17, 15) is 0 Å². The first-order valence-corrected chi connectivity index (χ1v) is 7.26. The van der Waals surface area contributed by atoms with E-state index in [0.29, 0.717) is 5.92 Å². The van der Waals surface area contributed by atoms with Gasteiger partial charge in [0.1, 0.15) is 0 Å². The summed E-state index contributed by atoms with van der Waals surface area (Å²) in [6.07, 6.45) is 4.87. The smallest absolute Gasteiger partial charge is 0.0952 e. The molecule has 2 aromatic rings. The largest absolute Gasteiger partial charge is 0.328 e.